The Morgan fingerprint density at radius 1 is 0.979 bits per heavy atom. The van der Waals surface area contributed by atoms with Gasteiger partial charge < -0.3 is 24.6 Å². The van der Waals surface area contributed by atoms with Crippen LogP contribution >= 0.6 is 11.6 Å². The molecule has 9 nitrogen and oxygen atoms in total. The van der Waals surface area contributed by atoms with Crippen molar-refractivity contribution in [2.24, 2.45) is 4.99 Å². The average Bonchev–Trinajstić information content (AvgIpc) is 3.50. The summed E-state index contributed by atoms with van der Waals surface area (Å²) in [5.41, 5.74) is 0.541. The molecule has 1 heterocycles. The molecular weight excluding hydrogens is 640 g/mol. The number of benzene rings is 4. The second-order valence-corrected chi connectivity index (χ2v) is 13.6. The Hall–Kier alpha value is -4.38. The molecule has 0 fully saturated rings. The lowest BCUT2D eigenvalue weighted by Crippen LogP contribution is -2.49. The molecule has 0 saturated heterocycles. The number of hydrogen-bond donors (Lipinski definition) is 2. The molecule has 1 aliphatic heterocycles. The second kappa shape index (κ2) is 15.5. The van der Waals surface area contributed by atoms with Crippen molar-refractivity contribution >= 4 is 33.2 Å². The van der Waals surface area contributed by atoms with Crippen LogP contribution in [-0.2, 0) is 25.8 Å². The highest BCUT2D eigenvalue weighted by atomic mass is 35.5. The smallest absolute Gasteiger partial charge is 0.252 e. The number of methoxy groups -OCH3 is 1. The van der Waals surface area contributed by atoms with E-state index in [0.29, 0.717) is 47.1 Å². The Labute approximate surface area is 280 Å². The lowest BCUT2D eigenvalue weighted by molar-refractivity contribution is -0.129. The topological polar surface area (TPSA) is 124 Å². The number of carbonyl (C=O) groups is 1. The van der Waals surface area contributed by atoms with E-state index < -0.39 is 27.4 Å². The molecule has 0 bridgehead atoms. The first-order valence-corrected chi connectivity index (χ1v) is 17.3. The second-order valence-electron chi connectivity index (χ2n) is 11.1. The minimum absolute atomic E-state index is 0.0260. The van der Waals surface area contributed by atoms with E-state index in [1.54, 1.807) is 79.9 Å². The number of aliphatic hydroxyl groups excluding tert-OH is 1. The predicted octanol–water partition coefficient (Wildman–Crippen LogP) is 5.59. The van der Waals surface area contributed by atoms with Crippen LogP contribution < -0.4 is 14.8 Å². The zero-order chi connectivity index (χ0) is 33.3. The average molecular weight is 677 g/mol. The Morgan fingerprint density at radius 3 is 2.43 bits per heavy atom. The van der Waals surface area contributed by atoms with Crippen molar-refractivity contribution in [2.45, 2.75) is 35.8 Å². The van der Waals surface area contributed by atoms with Gasteiger partial charge in [-0.3, -0.25) is 4.79 Å². The van der Waals surface area contributed by atoms with E-state index in [2.05, 4.69) is 5.32 Å². The SMILES string of the molecule is COc1cccc([C@H]2OC(c3ccc(OCCCO)cc3)=N[C@@]2(CCS(=O)(=O)c2ccccc2)C(=O)NCCc2ccc(Cl)cc2)c1. The van der Waals surface area contributed by atoms with E-state index >= 15 is 0 Å². The summed E-state index contributed by atoms with van der Waals surface area (Å²) in [7, 11) is -2.24. The van der Waals surface area contributed by atoms with Gasteiger partial charge in [0.2, 0.25) is 5.90 Å². The first kappa shape index (κ1) is 34.0. The van der Waals surface area contributed by atoms with Crippen molar-refractivity contribution in [3.8, 4) is 11.5 Å². The summed E-state index contributed by atoms with van der Waals surface area (Å²) in [5, 5.41) is 12.7. The van der Waals surface area contributed by atoms with Crippen molar-refractivity contribution in [3.63, 3.8) is 0 Å². The van der Waals surface area contributed by atoms with Crippen LogP contribution in [0.2, 0.25) is 5.02 Å². The third-order valence-corrected chi connectivity index (χ3v) is 9.88. The number of sulfone groups is 1. The van der Waals surface area contributed by atoms with Crippen molar-refractivity contribution in [3.05, 3.63) is 125 Å². The first-order chi connectivity index (χ1) is 22.7. The molecule has 11 heteroatoms. The van der Waals surface area contributed by atoms with Gasteiger partial charge in [0, 0.05) is 36.6 Å². The molecule has 47 heavy (non-hydrogen) atoms. The number of carbonyl (C=O) groups excluding carboxylic acids is 1. The zero-order valence-electron chi connectivity index (χ0n) is 26.0. The van der Waals surface area contributed by atoms with Gasteiger partial charge in [-0.15, -0.1) is 0 Å². The molecule has 0 aromatic heterocycles. The molecule has 0 aliphatic carbocycles. The van der Waals surface area contributed by atoms with E-state index in [1.165, 1.54) is 12.1 Å². The molecule has 4 aromatic rings. The third-order valence-electron chi connectivity index (χ3n) is 7.89. The number of halogens is 1. The minimum atomic E-state index is -3.78. The maximum absolute atomic E-state index is 14.4. The number of hydrogen-bond acceptors (Lipinski definition) is 8. The van der Waals surface area contributed by atoms with Crippen LogP contribution in [0.1, 0.15) is 35.6 Å². The maximum Gasteiger partial charge on any atom is 0.252 e. The highest BCUT2D eigenvalue weighted by molar-refractivity contribution is 7.91. The molecule has 0 radical (unpaired) electrons. The first-order valence-electron chi connectivity index (χ1n) is 15.3. The van der Waals surface area contributed by atoms with Gasteiger partial charge in [0.25, 0.3) is 5.91 Å². The van der Waals surface area contributed by atoms with Crippen LogP contribution in [0, 0.1) is 0 Å². The molecule has 0 spiro atoms. The molecule has 4 aromatic carbocycles. The van der Waals surface area contributed by atoms with Crippen molar-refractivity contribution in [1.29, 1.82) is 0 Å². The highest BCUT2D eigenvalue weighted by Gasteiger charge is 2.53. The minimum Gasteiger partial charge on any atom is -0.497 e. The van der Waals surface area contributed by atoms with Gasteiger partial charge in [-0.2, -0.15) is 0 Å². The fourth-order valence-corrected chi connectivity index (χ4v) is 6.85. The molecule has 1 amide bonds. The third kappa shape index (κ3) is 8.32. The number of aliphatic imine (C=N–C) groups is 1. The fraction of sp³-hybridized carbons (Fsp3) is 0.278. The summed E-state index contributed by atoms with van der Waals surface area (Å²) in [6.07, 6.45) is -0.0820. The summed E-state index contributed by atoms with van der Waals surface area (Å²) in [4.78, 5) is 19.5. The predicted molar refractivity (Wildman–Crippen MR) is 181 cm³/mol. The number of ether oxygens (including phenoxy) is 3. The van der Waals surface area contributed by atoms with Crippen molar-refractivity contribution < 1.29 is 32.5 Å². The molecule has 246 valence electrons. The number of nitrogens with one attached hydrogen (secondary N) is 1. The Kier molecular flexibility index (Phi) is 11.2. The van der Waals surface area contributed by atoms with E-state index in [4.69, 9.17) is 35.9 Å². The summed E-state index contributed by atoms with van der Waals surface area (Å²) in [6, 6.07) is 29.7. The van der Waals surface area contributed by atoms with Crippen LogP contribution in [0.15, 0.2) is 113 Å². The van der Waals surface area contributed by atoms with Crippen LogP contribution in [0.25, 0.3) is 0 Å². The van der Waals surface area contributed by atoms with E-state index in [-0.39, 0.29) is 36.1 Å². The van der Waals surface area contributed by atoms with Crippen molar-refractivity contribution in [1.82, 2.24) is 5.32 Å². The molecular formula is C36H37ClN2O7S. The maximum atomic E-state index is 14.4. The van der Waals surface area contributed by atoms with Crippen LogP contribution in [-0.4, -0.2) is 63.5 Å². The molecule has 5 rings (SSSR count). The Morgan fingerprint density at radius 2 is 1.72 bits per heavy atom. The van der Waals surface area contributed by atoms with Crippen LogP contribution in [0.3, 0.4) is 0 Å². The van der Waals surface area contributed by atoms with Gasteiger partial charge in [-0.25, -0.2) is 13.4 Å². The van der Waals surface area contributed by atoms with Gasteiger partial charge in [0.15, 0.2) is 21.5 Å². The molecule has 0 unspecified atom stereocenters. The Balaban J connectivity index is 1.52. The quantitative estimate of drug-likeness (QED) is 0.157. The van der Waals surface area contributed by atoms with Gasteiger partial charge >= 0.3 is 0 Å². The zero-order valence-corrected chi connectivity index (χ0v) is 27.5. The number of rotatable bonds is 15. The molecule has 2 N–H and O–H groups in total. The van der Waals surface area contributed by atoms with E-state index in [1.807, 2.05) is 18.2 Å². The van der Waals surface area contributed by atoms with E-state index in [0.717, 1.165) is 5.56 Å². The van der Waals surface area contributed by atoms with Crippen molar-refractivity contribution in [2.75, 3.05) is 32.6 Å². The lowest BCUT2D eigenvalue weighted by Gasteiger charge is -2.30. The number of aliphatic hydroxyl groups is 1. The monoisotopic (exact) mass is 676 g/mol. The van der Waals surface area contributed by atoms with Gasteiger partial charge in [0.1, 0.15) is 11.5 Å². The normalized spacial score (nSPS) is 17.4. The highest BCUT2D eigenvalue weighted by Crippen LogP contribution is 2.44. The van der Waals surface area contributed by atoms with Gasteiger partial charge in [-0.05, 0) is 78.2 Å². The summed E-state index contributed by atoms with van der Waals surface area (Å²) >= 11 is 6.04. The van der Waals surface area contributed by atoms with Crippen LogP contribution in [0.5, 0.6) is 11.5 Å². The van der Waals surface area contributed by atoms with Gasteiger partial charge in [-0.1, -0.05) is 54.1 Å². The fourth-order valence-electron chi connectivity index (χ4n) is 5.34. The summed E-state index contributed by atoms with van der Waals surface area (Å²) in [6.45, 7) is 0.668. The summed E-state index contributed by atoms with van der Waals surface area (Å²) in [5.74, 6) is 0.550. The standard InChI is InChI=1S/C36H37ClN2O7S/c1-44-31-8-5-7-28(25-31)33-36(20-24-47(42,43)32-9-3-2-4-10-32,35(41)38-21-19-26-11-15-29(37)16-12-26)39-34(46-33)27-13-17-30(18-14-27)45-23-6-22-40/h2-5,7-18,25,33,40H,6,19-24H2,1H3,(H,38,41)/t33-,36-/m1/s1. The van der Waals surface area contributed by atoms with Gasteiger partial charge in [0.05, 0.1) is 24.4 Å². The number of amides is 1. The van der Waals surface area contributed by atoms with E-state index in [9.17, 15) is 13.2 Å². The lowest BCUT2D eigenvalue weighted by atomic mass is 9.85. The molecule has 1 aliphatic rings. The largest absolute Gasteiger partial charge is 0.497 e. The number of nitrogens with zero attached hydrogens (tertiary/aromatic N) is 1. The van der Waals surface area contributed by atoms with Crippen LogP contribution in [0.4, 0.5) is 0 Å². The summed E-state index contributed by atoms with van der Waals surface area (Å²) < 4.78 is 44.7. The Bertz CT molecular complexity index is 1780. The molecule has 0 saturated carbocycles. The molecule has 2 atom stereocenters.